The molecule has 3 saturated heterocycles. The lowest BCUT2D eigenvalue weighted by Crippen LogP contribution is -2.48. The number of ether oxygens (including phenoxy) is 1. The Morgan fingerprint density at radius 1 is 1.18 bits per heavy atom. The third-order valence-corrected chi connectivity index (χ3v) is 9.46. The first-order valence-electron chi connectivity index (χ1n) is 11.9. The highest BCUT2D eigenvalue weighted by molar-refractivity contribution is 7.92. The van der Waals surface area contributed by atoms with E-state index in [0.717, 1.165) is 50.5 Å². The quantitative estimate of drug-likeness (QED) is 0.647. The van der Waals surface area contributed by atoms with Crippen molar-refractivity contribution < 1.29 is 27.4 Å². The molecule has 7 rings (SSSR count). The van der Waals surface area contributed by atoms with Crippen LogP contribution in [0, 0.1) is 23.6 Å². The summed E-state index contributed by atoms with van der Waals surface area (Å²) < 4.78 is 49.3. The molecule has 2 bridgehead atoms. The van der Waals surface area contributed by atoms with Gasteiger partial charge in [-0.15, -0.1) is 0 Å². The number of nitrogens with zero attached hydrogens (tertiary/aromatic N) is 1. The average Bonchev–Trinajstić information content (AvgIpc) is 3.59. The summed E-state index contributed by atoms with van der Waals surface area (Å²) in [6.45, 7) is 3.46. The molecule has 4 aliphatic heterocycles. The number of piperidine rings is 3. The number of carboxylic acids is 1. The summed E-state index contributed by atoms with van der Waals surface area (Å²) in [5.41, 5.74) is 1.04. The van der Waals surface area contributed by atoms with Gasteiger partial charge in [0.15, 0.2) is 0 Å². The molecule has 1 unspecified atom stereocenters. The fourth-order valence-corrected chi connectivity index (χ4v) is 7.42. The lowest BCUT2D eigenvalue weighted by Gasteiger charge is -2.45. The summed E-state index contributed by atoms with van der Waals surface area (Å²) in [5, 5.41) is 9.89. The molecule has 0 spiro atoms. The predicted molar refractivity (Wildman–Crippen MR) is 123 cm³/mol. The van der Waals surface area contributed by atoms with E-state index in [1.807, 2.05) is 0 Å². The highest BCUT2D eigenvalue weighted by Crippen LogP contribution is 2.55. The molecular weight excluding hydrogens is 459 g/mol. The topological polar surface area (TPSA) is 95.9 Å². The van der Waals surface area contributed by atoms with Crippen molar-refractivity contribution in [3.8, 4) is 5.75 Å². The van der Waals surface area contributed by atoms with E-state index in [0.29, 0.717) is 30.4 Å². The highest BCUT2D eigenvalue weighted by atomic mass is 32.2. The van der Waals surface area contributed by atoms with Crippen LogP contribution in [-0.2, 0) is 16.4 Å². The zero-order valence-corrected chi connectivity index (χ0v) is 19.5. The van der Waals surface area contributed by atoms with E-state index in [9.17, 15) is 22.7 Å². The van der Waals surface area contributed by atoms with Gasteiger partial charge in [-0.25, -0.2) is 17.6 Å². The van der Waals surface area contributed by atoms with Crippen molar-refractivity contribution in [2.75, 3.05) is 31.0 Å². The van der Waals surface area contributed by atoms with E-state index in [4.69, 9.17) is 4.74 Å². The second-order valence-corrected chi connectivity index (χ2v) is 11.7. The van der Waals surface area contributed by atoms with Gasteiger partial charge in [-0.05, 0) is 91.9 Å². The predicted octanol–water partition coefficient (Wildman–Crippen LogP) is 3.70. The normalized spacial score (nSPS) is 29.0. The Balaban J connectivity index is 1.34. The van der Waals surface area contributed by atoms with Crippen molar-refractivity contribution in [3.05, 3.63) is 52.8 Å². The molecule has 3 atom stereocenters. The maximum atomic E-state index is 14.2. The van der Waals surface area contributed by atoms with Crippen molar-refractivity contribution in [1.82, 2.24) is 4.90 Å². The molecule has 1 aliphatic carbocycles. The summed E-state index contributed by atoms with van der Waals surface area (Å²) in [5.74, 6) is -0.0144. The highest BCUT2D eigenvalue weighted by Gasteiger charge is 2.45. The van der Waals surface area contributed by atoms with Crippen LogP contribution in [0.4, 0.5) is 10.1 Å². The molecule has 1 saturated carbocycles. The minimum Gasteiger partial charge on any atom is -0.492 e. The smallest absolute Gasteiger partial charge is 0.341 e. The number of hydrogen-bond acceptors (Lipinski definition) is 5. The first-order valence-corrected chi connectivity index (χ1v) is 13.3. The SMILES string of the molecule is O=C(O)c1c(NS(=O)(=O)c2ccc(F)cc2CC2CN3CCC2CC3)ccc2c1OC[C@@H]1C[C@H]21. The van der Waals surface area contributed by atoms with Gasteiger partial charge >= 0.3 is 5.97 Å². The first-order chi connectivity index (χ1) is 16.3. The molecule has 180 valence electrons. The second kappa shape index (κ2) is 7.95. The van der Waals surface area contributed by atoms with E-state index in [1.54, 1.807) is 6.07 Å². The number of halogens is 1. The number of carboxylic acid groups (broad SMARTS) is 1. The van der Waals surface area contributed by atoms with Crippen molar-refractivity contribution in [2.24, 2.45) is 17.8 Å². The van der Waals surface area contributed by atoms with Crippen LogP contribution in [-0.4, -0.2) is 50.6 Å². The molecular formula is C25H27FN2O5S. The minimum atomic E-state index is -4.16. The largest absolute Gasteiger partial charge is 0.492 e. The Bertz CT molecular complexity index is 1270. The molecule has 5 aliphatic rings. The van der Waals surface area contributed by atoms with E-state index in [1.165, 1.54) is 18.2 Å². The number of anilines is 1. The number of fused-ring (bicyclic) bond motifs is 6. The Morgan fingerprint density at radius 3 is 2.68 bits per heavy atom. The minimum absolute atomic E-state index is 0.0115. The Hall–Kier alpha value is -2.65. The Labute approximate surface area is 198 Å². The summed E-state index contributed by atoms with van der Waals surface area (Å²) in [6.07, 6.45) is 3.59. The third kappa shape index (κ3) is 3.75. The summed E-state index contributed by atoms with van der Waals surface area (Å²) in [7, 11) is -4.16. The van der Waals surface area contributed by atoms with Crippen molar-refractivity contribution in [3.63, 3.8) is 0 Å². The monoisotopic (exact) mass is 486 g/mol. The summed E-state index contributed by atoms with van der Waals surface area (Å²) in [4.78, 5) is 14.5. The lowest BCUT2D eigenvalue weighted by molar-refractivity contribution is 0.0509. The molecule has 2 aromatic carbocycles. The lowest BCUT2D eigenvalue weighted by atomic mass is 9.76. The van der Waals surface area contributed by atoms with E-state index < -0.39 is 21.8 Å². The summed E-state index contributed by atoms with van der Waals surface area (Å²) in [6, 6.07) is 6.96. The first kappa shape index (κ1) is 21.9. The maximum Gasteiger partial charge on any atom is 0.341 e. The Morgan fingerprint density at radius 2 is 1.97 bits per heavy atom. The van der Waals surface area contributed by atoms with Gasteiger partial charge in [0, 0.05) is 12.5 Å². The van der Waals surface area contributed by atoms with Crippen LogP contribution in [0.15, 0.2) is 35.2 Å². The van der Waals surface area contributed by atoms with Crippen molar-refractivity contribution in [1.29, 1.82) is 0 Å². The fourth-order valence-electron chi connectivity index (χ4n) is 6.12. The van der Waals surface area contributed by atoms with Crippen LogP contribution >= 0.6 is 0 Å². The number of rotatable bonds is 6. The van der Waals surface area contributed by atoms with E-state index in [-0.39, 0.29) is 33.7 Å². The van der Waals surface area contributed by atoms with Gasteiger partial charge in [-0.2, -0.15) is 0 Å². The zero-order valence-electron chi connectivity index (χ0n) is 18.7. The second-order valence-electron chi connectivity index (χ2n) is 10.1. The van der Waals surface area contributed by atoms with Crippen LogP contribution < -0.4 is 9.46 Å². The molecule has 4 fully saturated rings. The summed E-state index contributed by atoms with van der Waals surface area (Å²) >= 11 is 0. The number of carbonyl (C=O) groups is 1. The molecule has 34 heavy (non-hydrogen) atoms. The molecule has 0 aromatic heterocycles. The number of sulfonamides is 1. The van der Waals surface area contributed by atoms with E-state index in [2.05, 4.69) is 9.62 Å². The Kier molecular flexibility index (Phi) is 5.11. The molecule has 4 heterocycles. The van der Waals surface area contributed by atoms with E-state index >= 15 is 0 Å². The number of nitrogens with one attached hydrogen (secondary N) is 1. The number of aromatic carboxylic acids is 1. The van der Waals surface area contributed by atoms with Gasteiger partial charge in [0.05, 0.1) is 17.2 Å². The van der Waals surface area contributed by atoms with Crippen LogP contribution in [0.1, 0.15) is 46.7 Å². The van der Waals surface area contributed by atoms with Crippen LogP contribution in [0.2, 0.25) is 0 Å². The molecule has 0 amide bonds. The molecule has 7 nitrogen and oxygen atoms in total. The zero-order chi connectivity index (χ0) is 23.6. The van der Waals surface area contributed by atoms with Gasteiger partial charge < -0.3 is 14.7 Å². The van der Waals surface area contributed by atoms with Crippen LogP contribution in [0.3, 0.4) is 0 Å². The molecule has 2 aromatic rings. The van der Waals surface area contributed by atoms with Gasteiger partial charge in [0.1, 0.15) is 17.1 Å². The van der Waals surface area contributed by atoms with Crippen molar-refractivity contribution >= 4 is 21.7 Å². The van der Waals surface area contributed by atoms with Crippen LogP contribution in [0.25, 0.3) is 0 Å². The van der Waals surface area contributed by atoms with Crippen molar-refractivity contribution in [2.45, 2.75) is 36.5 Å². The van der Waals surface area contributed by atoms with Gasteiger partial charge in [-0.1, -0.05) is 6.07 Å². The fraction of sp³-hybridized carbons (Fsp3) is 0.480. The maximum absolute atomic E-state index is 14.2. The molecule has 0 radical (unpaired) electrons. The van der Waals surface area contributed by atoms with Gasteiger partial charge in [0.25, 0.3) is 10.0 Å². The standard InChI is InChI=1S/C25H27FN2O5S/c26-18-1-4-22(15(10-18)9-16-12-28-7-5-14(16)6-8-28)34(31,32)27-21-3-2-19-20-11-17(20)13-33-24(19)23(21)25(29)30/h1-4,10,14,16-17,20,27H,5-9,11-13H2,(H,29,30)/t16?,17-,20-/m0/s1. The van der Waals surface area contributed by atoms with Gasteiger partial charge in [0.2, 0.25) is 0 Å². The molecule has 2 N–H and O–H groups in total. The number of benzene rings is 2. The third-order valence-electron chi connectivity index (χ3n) is 8.00. The average molecular weight is 487 g/mol. The number of hydrogen-bond donors (Lipinski definition) is 2. The van der Waals surface area contributed by atoms with Crippen LogP contribution in [0.5, 0.6) is 5.75 Å². The van der Waals surface area contributed by atoms with Gasteiger partial charge in [-0.3, -0.25) is 4.72 Å². The molecule has 9 heteroatoms.